The zero-order chi connectivity index (χ0) is 16.2. The molecule has 0 radical (unpaired) electrons. The smallest absolute Gasteiger partial charge is 0.255 e. The first-order valence-electron chi connectivity index (χ1n) is 6.75. The number of anilines is 1. The Labute approximate surface area is 134 Å². The summed E-state index contributed by atoms with van der Waals surface area (Å²) < 4.78 is 23.5. The maximum Gasteiger partial charge on any atom is 0.255 e. The highest BCUT2D eigenvalue weighted by Gasteiger charge is 2.13. The van der Waals surface area contributed by atoms with Gasteiger partial charge in [0.2, 0.25) is 0 Å². The standard InChI is InChI=1S/C16H17NO3S2/c1-3-22(19,20)13-10-8-12(9-11-13)16(18)17-14-6-4-5-7-15(14)21-2/h4-11H,3H2,1-2H3,(H,17,18). The van der Waals surface area contributed by atoms with E-state index in [9.17, 15) is 13.2 Å². The van der Waals surface area contributed by atoms with Crippen LogP contribution in [0.3, 0.4) is 0 Å². The van der Waals surface area contributed by atoms with Gasteiger partial charge in [-0.05, 0) is 42.7 Å². The second-order valence-corrected chi connectivity index (χ2v) is 7.71. The minimum Gasteiger partial charge on any atom is -0.321 e. The highest BCUT2D eigenvalue weighted by atomic mass is 32.2. The number of hydrogen-bond acceptors (Lipinski definition) is 4. The number of carbonyl (C=O) groups is 1. The SMILES string of the molecule is CCS(=O)(=O)c1ccc(C(=O)Nc2ccccc2SC)cc1. The van der Waals surface area contributed by atoms with Gasteiger partial charge in [-0.3, -0.25) is 4.79 Å². The van der Waals surface area contributed by atoms with Crippen LogP contribution in [0.4, 0.5) is 5.69 Å². The molecular formula is C16H17NO3S2. The third-order valence-corrected chi connectivity index (χ3v) is 5.76. The predicted molar refractivity (Wildman–Crippen MR) is 90.3 cm³/mol. The molecule has 22 heavy (non-hydrogen) atoms. The zero-order valence-electron chi connectivity index (χ0n) is 12.4. The van der Waals surface area contributed by atoms with Crippen molar-refractivity contribution in [3.8, 4) is 0 Å². The van der Waals surface area contributed by atoms with Crippen LogP contribution in [0.5, 0.6) is 0 Å². The third-order valence-electron chi connectivity index (χ3n) is 3.21. The van der Waals surface area contributed by atoms with Gasteiger partial charge in [0.15, 0.2) is 9.84 Å². The summed E-state index contributed by atoms with van der Waals surface area (Å²) in [5, 5.41) is 2.84. The molecule has 0 spiro atoms. The topological polar surface area (TPSA) is 63.2 Å². The summed E-state index contributed by atoms with van der Waals surface area (Å²) in [4.78, 5) is 13.4. The van der Waals surface area contributed by atoms with Crippen LogP contribution in [0.1, 0.15) is 17.3 Å². The molecule has 2 aromatic rings. The van der Waals surface area contributed by atoms with Crippen LogP contribution >= 0.6 is 11.8 Å². The minimum atomic E-state index is -3.25. The summed E-state index contributed by atoms with van der Waals surface area (Å²) in [6, 6.07) is 13.5. The molecule has 4 nitrogen and oxygen atoms in total. The maximum absolute atomic E-state index is 12.2. The van der Waals surface area contributed by atoms with Crippen molar-refractivity contribution in [2.75, 3.05) is 17.3 Å². The average Bonchev–Trinajstić information content (AvgIpc) is 2.55. The molecule has 116 valence electrons. The van der Waals surface area contributed by atoms with Crippen LogP contribution in [-0.4, -0.2) is 26.3 Å². The lowest BCUT2D eigenvalue weighted by Crippen LogP contribution is -2.13. The quantitative estimate of drug-likeness (QED) is 0.850. The van der Waals surface area contributed by atoms with Crippen LogP contribution in [0, 0.1) is 0 Å². The van der Waals surface area contributed by atoms with E-state index in [1.165, 1.54) is 24.3 Å². The lowest BCUT2D eigenvalue weighted by atomic mass is 10.2. The summed E-state index contributed by atoms with van der Waals surface area (Å²) >= 11 is 1.55. The normalized spacial score (nSPS) is 11.2. The van der Waals surface area contributed by atoms with E-state index in [0.29, 0.717) is 5.56 Å². The molecule has 0 aliphatic rings. The van der Waals surface area contributed by atoms with Crippen molar-refractivity contribution in [3.63, 3.8) is 0 Å². The van der Waals surface area contributed by atoms with E-state index >= 15 is 0 Å². The Balaban J connectivity index is 2.20. The van der Waals surface area contributed by atoms with E-state index in [4.69, 9.17) is 0 Å². The van der Waals surface area contributed by atoms with Crippen LogP contribution in [0.2, 0.25) is 0 Å². The number of sulfone groups is 1. The molecule has 0 heterocycles. The van der Waals surface area contributed by atoms with Gasteiger partial charge in [0.25, 0.3) is 5.91 Å². The largest absolute Gasteiger partial charge is 0.321 e. The molecule has 1 amide bonds. The average molecular weight is 335 g/mol. The molecule has 0 fully saturated rings. The molecule has 1 N–H and O–H groups in total. The summed E-state index contributed by atoms with van der Waals surface area (Å²) in [7, 11) is -3.25. The van der Waals surface area contributed by atoms with E-state index in [1.807, 2.05) is 30.5 Å². The highest BCUT2D eigenvalue weighted by Crippen LogP contribution is 2.25. The summed E-state index contributed by atoms with van der Waals surface area (Å²) in [6.07, 6.45) is 1.94. The Morgan fingerprint density at radius 2 is 1.73 bits per heavy atom. The van der Waals surface area contributed by atoms with Gasteiger partial charge in [0.1, 0.15) is 0 Å². The fourth-order valence-electron chi connectivity index (χ4n) is 1.92. The molecule has 0 unspecified atom stereocenters. The first-order valence-corrected chi connectivity index (χ1v) is 9.63. The first-order chi connectivity index (χ1) is 10.5. The molecular weight excluding hydrogens is 318 g/mol. The monoisotopic (exact) mass is 335 g/mol. The van der Waals surface area contributed by atoms with Crippen molar-refractivity contribution >= 4 is 33.2 Å². The number of hydrogen-bond donors (Lipinski definition) is 1. The van der Waals surface area contributed by atoms with E-state index < -0.39 is 9.84 Å². The van der Waals surface area contributed by atoms with Gasteiger partial charge >= 0.3 is 0 Å². The molecule has 6 heteroatoms. The predicted octanol–water partition coefficient (Wildman–Crippen LogP) is 3.45. The summed E-state index contributed by atoms with van der Waals surface area (Å²) in [5.41, 5.74) is 1.16. The van der Waals surface area contributed by atoms with Gasteiger partial charge in [0.05, 0.1) is 16.3 Å². The summed E-state index contributed by atoms with van der Waals surface area (Å²) in [5.74, 6) is -0.221. The Hall–Kier alpha value is -1.79. The fraction of sp³-hybridized carbons (Fsp3) is 0.188. The molecule has 0 bridgehead atoms. The number of para-hydroxylation sites is 1. The second kappa shape index (κ2) is 6.98. The van der Waals surface area contributed by atoms with E-state index in [0.717, 1.165) is 10.6 Å². The maximum atomic E-state index is 12.2. The molecule has 0 aliphatic heterocycles. The van der Waals surface area contributed by atoms with Crippen molar-refractivity contribution in [2.45, 2.75) is 16.7 Å². The fourth-order valence-corrected chi connectivity index (χ4v) is 3.36. The van der Waals surface area contributed by atoms with Crippen LogP contribution in [0.15, 0.2) is 58.3 Å². The third kappa shape index (κ3) is 3.69. The highest BCUT2D eigenvalue weighted by molar-refractivity contribution is 7.98. The molecule has 2 rings (SSSR count). The van der Waals surface area contributed by atoms with Crippen molar-refractivity contribution in [1.82, 2.24) is 0 Å². The van der Waals surface area contributed by atoms with E-state index in [1.54, 1.807) is 18.7 Å². The summed E-state index contributed by atoms with van der Waals surface area (Å²) in [6.45, 7) is 1.59. The number of carbonyl (C=O) groups excluding carboxylic acids is 1. The molecule has 0 atom stereocenters. The van der Waals surface area contributed by atoms with Crippen molar-refractivity contribution < 1.29 is 13.2 Å². The zero-order valence-corrected chi connectivity index (χ0v) is 14.0. The molecule has 2 aromatic carbocycles. The van der Waals surface area contributed by atoms with Crippen LogP contribution in [0.25, 0.3) is 0 Å². The van der Waals surface area contributed by atoms with Crippen molar-refractivity contribution in [2.24, 2.45) is 0 Å². The minimum absolute atomic E-state index is 0.0413. The van der Waals surface area contributed by atoms with E-state index in [-0.39, 0.29) is 16.6 Å². The van der Waals surface area contributed by atoms with Crippen LogP contribution in [-0.2, 0) is 9.84 Å². The van der Waals surface area contributed by atoms with Gasteiger partial charge in [-0.15, -0.1) is 11.8 Å². The number of rotatable bonds is 5. The molecule has 0 aromatic heterocycles. The van der Waals surface area contributed by atoms with E-state index in [2.05, 4.69) is 5.32 Å². The van der Waals surface area contributed by atoms with Gasteiger partial charge < -0.3 is 5.32 Å². The van der Waals surface area contributed by atoms with Crippen molar-refractivity contribution in [3.05, 3.63) is 54.1 Å². The van der Waals surface area contributed by atoms with Gasteiger partial charge in [-0.25, -0.2) is 8.42 Å². The second-order valence-electron chi connectivity index (χ2n) is 4.58. The van der Waals surface area contributed by atoms with Gasteiger partial charge in [0, 0.05) is 10.5 Å². The Kier molecular flexibility index (Phi) is 5.26. The number of benzene rings is 2. The molecule has 0 saturated heterocycles. The van der Waals surface area contributed by atoms with Gasteiger partial charge in [-0.1, -0.05) is 19.1 Å². The lowest BCUT2D eigenvalue weighted by molar-refractivity contribution is 0.102. The van der Waals surface area contributed by atoms with Crippen LogP contribution < -0.4 is 5.32 Å². The van der Waals surface area contributed by atoms with Crippen molar-refractivity contribution in [1.29, 1.82) is 0 Å². The molecule has 0 aliphatic carbocycles. The number of amides is 1. The lowest BCUT2D eigenvalue weighted by Gasteiger charge is -2.09. The Morgan fingerprint density at radius 3 is 2.32 bits per heavy atom. The first kappa shape index (κ1) is 16.6. The Bertz CT molecular complexity index is 768. The number of thioether (sulfide) groups is 1. The Morgan fingerprint density at radius 1 is 1.09 bits per heavy atom. The van der Waals surface area contributed by atoms with Gasteiger partial charge in [-0.2, -0.15) is 0 Å². The number of nitrogens with one attached hydrogen (secondary N) is 1. The molecule has 0 saturated carbocycles.